The number of nitrogens with one attached hydrogen (secondary N) is 1. The lowest BCUT2D eigenvalue weighted by Crippen LogP contribution is -2.54. The Morgan fingerprint density at radius 2 is 1.73 bits per heavy atom. The highest BCUT2D eigenvalue weighted by atomic mass is 127. The van der Waals surface area contributed by atoms with Gasteiger partial charge in [-0.15, -0.1) is 0 Å². The molecule has 0 radical (unpaired) electrons. The number of benzene rings is 3. The van der Waals surface area contributed by atoms with E-state index >= 15 is 0 Å². The molecule has 0 spiro atoms. The highest BCUT2D eigenvalue weighted by molar-refractivity contribution is 14.1. The van der Waals surface area contributed by atoms with E-state index in [1.54, 1.807) is 61.5 Å². The van der Waals surface area contributed by atoms with Gasteiger partial charge in [0, 0.05) is 5.56 Å². The number of nitrogens with zero attached hydrogens (tertiary/aromatic N) is 1. The van der Waals surface area contributed by atoms with Crippen LogP contribution in [0.1, 0.15) is 37.8 Å². The second-order valence-electron chi connectivity index (χ2n) is 8.80. The van der Waals surface area contributed by atoms with E-state index in [0.29, 0.717) is 50.8 Å². The van der Waals surface area contributed by atoms with Crippen LogP contribution in [0.5, 0.6) is 17.2 Å². The average molecular weight is 658 g/mol. The fourth-order valence-corrected chi connectivity index (χ4v) is 4.71. The van der Waals surface area contributed by atoms with E-state index in [-0.39, 0.29) is 18.0 Å². The number of imide groups is 2. The van der Waals surface area contributed by atoms with Crippen LogP contribution in [0.2, 0.25) is 0 Å². The van der Waals surface area contributed by atoms with Crippen LogP contribution in [0.3, 0.4) is 0 Å². The molecule has 0 bridgehead atoms. The molecular weight excluding hydrogens is 630 g/mol. The SMILES string of the molecule is CCCCOc1ccc(N2C(=O)NC(=O)/C(=C/c3cc(I)c(OCc4ccccc4F)c(OCC)c3)C2=O)cc1. The van der Waals surface area contributed by atoms with Crippen molar-refractivity contribution in [1.82, 2.24) is 5.32 Å². The van der Waals surface area contributed by atoms with Crippen LogP contribution in [0.25, 0.3) is 6.08 Å². The molecule has 1 N–H and O–H groups in total. The van der Waals surface area contributed by atoms with Crippen molar-refractivity contribution in [3.8, 4) is 17.2 Å². The maximum absolute atomic E-state index is 14.1. The minimum Gasteiger partial charge on any atom is -0.494 e. The molecule has 1 aliphatic rings. The predicted molar refractivity (Wildman–Crippen MR) is 157 cm³/mol. The number of amides is 4. The van der Waals surface area contributed by atoms with Crippen LogP contribution < -0.4 is 24.4 Å². The molecule has 4 amide bonds. The molecular formula is C30H28FIN2O6. The van der Waals surface area contributed by atoms with Gasteiger partial charge in [-0.3, -0.25) is 14.9 Å². The average Bonchev–Trinajstić information content (AvgIpc) is 2.92. The van der Waals surface area contributed by atoms with E-state index in [0.717, 1.165) is 17.7 Å². The molecule has 1 aliphatic heterocycles. The summed E-state index contributed by atoms with van der Waals surface area (Å²) in [5.74, 6) is -0.557. The van der Waals surface area contributed by atoms with Crippen molar-refractivity contribution in [2.24, 2.45) is 0 Å². The Balaban J connectivity index is 1.60. The maximum atomic E-state index is 14.1. The summed E-state index contributed by atoms with van der Waals surface area (Å²) in [6.45, 7) is 4.75. The minimum atomic E-state index is -0.840. The largest absolute Gasteiger partial charge is 0.494 e. The third-order valence-electron chi connectivity index (χ3n) is 5.94. The topological polar surface area (TPSA) is 94.2 Å². The molecule has 3 aromatic rings. The van der Waals surface area contributed by atoms with Gasteiger partial charge in [0.2, 0.25) is 0 Å². The van der Waals surface area contributed by atoms with Crippen LogP contribution in [-0.2, 0) is 16.2 Å². The molecule has 4 rings (SSSR count). The van der Waals surface area contributed by atoms with Crippen molar-refractivity contribution in [2.45, 2.75) is 33.3 Å². The van der Waals surface area contributed by atoms with Crippen LogP contribution in [0.15, 0.2) is 66.2 Å². The van der Waals surface area contributed by atoms with Crippen LogP contribution in [0, 0.1) is 9.39 Å². The lowest BCUT2D eigenvalue weighted by molar-refractivity contribution is -0.122. The second kappa shape index (κ2) is 13.4. The fourth-order valence-electron chi connectivity index (χ4n) is 3.92. The van der Waals surface area contributed by atoms with E-state index in [2.05, 4.69) is 12.2 Å². The van der Waals surface area contributed by atoms with Gasteiger partial charge in [-0.2, -0.15) is 0 Å². The number of rotatable bonds is 11. The Bertz CT molecular complexity index is 1440. The van der Waals surface area contributed by atoms with E-state index in [9.17, 15) is 18.8 Å². The van der Waals surface area contributed by atoms with Crippen LogP contribution >= 0.6 is 22.6 Å². The zero-order chi connectivity index (χ0) is 28.6. The number of urea groups is 1. The Morgan fingerprint density at radius 1 is 0.975 bits per heavy atom. The quantitative estimate of drug-likeness (QED) is 0.113. The summed E-state index contributed by atoms with van der Waals surface area (Å²) in [5, 5.41) is 2.23. The molecule has 0 saturated carbocycles. The fraction of sp³-hybridized carbons (Fsp3) is 0.233. The monoisotopic (exact) mass is 658 g/mol. The molecule has 0 atom stereocenters. The summed E-state index contributed by atoms with van der Waals surface area (Å²) in [7, 11) is 0. The van der Waals surface area contributed by atoms with Crippen molar-refractivity contribution in [3.63, 3.8) is 0 Å². The van der Waals surface area contributed by atoms with E-state index in [4.69, 9.17) is 14.2 Å². The van der Waals surface area contributed by atoms with Gasteiger partial charge >= 0.3 is 6.03 Å². The van der Waals surface area contributed by atoms with Crippen molar-refractivity contribution >= 4 is 52.2 Å². The smallest absolute Gasteiger partial charge is 0.335 e. The summed E-state index contributed by atoms with van der Waals surface area (Å²) in [6.07, 6.45) is 3.30. The molecule has 8 nitrogen and oxygen atoms in total. The van der Waals surface area contributed by atoms with Crippen molar-refractivity contribution in [1.29, 1.82) is 0 Å². The second-order valence-corrected chi connectivity index (χ2v) is 9.96. The van der Waals surface area contributed by atoms with Gasteiger partial charge in [0.05, 0.1) is 22.5 Å². The first-order valence-electron chi connectivity index (χ1n) is 12.8. The summed E-state index contributed by atoms with van der Waals surface area (Å²) < 4.78 is 32.0. The molecule has 0 aromatic heterocycles. The van der Waals surface area contributed by atoms with E-state index < -0.39 is 17.8 Å². The van der Waals surface area contributed by atoms with E-state index in [1.165, 1.54) is 12.1 Å². The minimum absolute atomic E-state index is 0.0103. The first kappa shape index (κ1) is 29.1. The van der Waals surface area contributed by atoms with Gasteiger partial charge in [-0.05, 0) is 90.0 Å². The lowest BCUT2D eigenvalue weighted by Gasteiger charge is -2.26. The van der Waals surface area contributed by atoms with Gasteiger partial charge in [0.1, 0.15) is 23.7 Å². The molecule has 1 fully saturated rings. The number of barbiturate groups is 1. The summed E-state index contributed by atoms with van der Waals surface area (Å²) >= 11 is 2.05. The maximum Gasteiger partial charge on any atom is 0.335 e. The van der Waals surface area contributed by atoms with Crippen molar-refractivity contribution in [2.75, 3.05) is 18.1 Å². The van der Waals surface area contributed by atoms with Gasteiger partial charge in [0.15, 0.2) is 11.5 Å². The van der Waals surface area contributed by atoms with Gasteiger partial charge in [-0.25, -0.2) is 14.1 Å². The molecule has 40 heavy (non-hydrogen) atoms. The summed E-state index contributed by atoms with van der Waals surface area (Å²) in [4.78, 5) is 39.6. The number of anilines is 1. The lowest BCUT2D eigenvalue weighted by atomic mass is 10.1. The van der Waals surface area contributed by atoms with Crippen LogP contribution in [0.4, 0.5) is 14.9 Å². The molecule has 1 saturated heterocycles. The number of carbonyl (C=O) groups excluding carboxylic acids is 3. The Labute approximate surface area is 245 Å². The number of carbonyl (C=O) groups is 3. The first-order chi connectivity index (χ1) is 19.3. The standard InChI is InChI=1S/C30H28FIN2O6/c1-3-5-14-39-22-12-10-21(11-13-22)34-29(36)23(28(35)33-30(34)37)15-19-16-25(32)27(26(17-19)38-4-2)40-18-20-8-6-7-9-24(20)31/h6-13,15-17H,3-5,14,18H2,1-2H3,(H,33,35,37)/b23-15-. The van der Waals surface area contributed by atoms with Crippen molar-refractivity contribution < 1.29 is 33.0 Å². The zero-order valence-corrected chi connectivity index (χ0v) is 24.2. The summed E-state index contributed by atoms with van der Waals surface area (Å²) in [5.41, 5.74) is 0.951. The zero-order valence-electron chi connectivity index (χ0n) is 22.0. The van der Waals surface area contributed by atoms with Gasteiger partial charge in [0.25, 0.3) is 11.8 Å². The molecule has 0 unspecified atom stereocenters. The number of unbranched alkanes of at least 4 members (excludes halogenated alkanes) is 1. The third kappa shape index (κ3) is 6.79. The highest BCUT2D eigenvalue weighted by Gasteiger charge is 2.37. The van der Waals surface area contributed by atoms with E-state index in [1.807, 2.05) is 22.6 Å². The predicted octanol–water partition coefficient (Wildman–Crippen LogP) is 6.25. The summed E-state index contributed by atoms with van der Waals surface area (Å²) in [6, 6.07) is 15.3. The van der Waals surface area contributed by atoms with Crippen LogP contribution in [-0.4, -0.2) is 31.1 Å². The van der Waals surface area contributed by atoms with Crippen molar-refractivity contribution in [3.05, 3.63) is 86.8 Å². The first-order valence-corrected chi connectivity index (χ1v) is 13.9. The number of ether oxygens (including phenoxy) is 3. The Hall–Kier alpha value is -3.93. The molecule has 1 heterocycles. The molecule has 10 heteroatoms. The highest BCUT2D eigenvalue weighted by Crippen LogP contribution is 2.36. The Kier molecular flexibility index (Phi) is 9.75. The number of hydrogen-bond acceptors (Lipinski definition) is 6. The molecule has 0 aliphatic carbocycles. The molecule has 208 valence electrons. The molecule has 3 aromatic carbocycles. The number of halogens is 2. The van der Waals surface area contributed by atoms with Gasteiger partial charge < -0.3 is 14.2 Å². The number of hydrogen-bond donors (Lipinski definition) is 1. The normalized spacial score (nSPS) is 14.3. The van der Waals surface area contributed by atoms with Gasteiger partial charge in [-0.1, -0.05) is 31.5 Å². The Morgan fingerprint density at radius 3 is 2.42 bits per heavy atom. The third-order valence-corrected chi connectivity index (χ3v) is 6.74.